The summed E-state index contributed by atoms with van der Waals surface area (Å²) in [5, 5.41) is 3.86. The molecule has 23 heavy (non-hydrogen) atoms. The third-order valence-electron chi connectivity index (χ3n) is 4.30. The third-order valence-corrected chi connectivity index (χ3v) is 4.30. The number of nitrogens with zero attached hydrogens (tertiary/aromatic N) is 4. The Morgan fingerprint density at radius 1 is 1.17 bits per heavy atom. The second-order valence-corrected chi connectivity index (χ2v) is 5.75. The summed E-state index contributed by atoms with van der Waals surface area (Å²) in [4.78, 5) is 17.3. The Balaban J connectivity index is 1.80. The van der Waals surface area contributed by atoms with E-state index in [0.717, 1.165) is 18.4 Å². The number of rotatable bonds is 5. The molecule has 0 aromatic heterocycles. The molecule has 0 bridgehead atoms. The lowest BCUT2D eigenvalue weighted by molar-refractivity contribution is 0.0641. The van der Waals surface area contributed by atoms with Gasteiger partial charge in [0.1, 0.15) is 6.17 Å². The number of carbonyl (C=O) groups is 1. The molecule has 1 aliphatic heterocycles. The highest BCUT2D eigenvalue weighted by Crippen LogP contribution is 2.36. The summed E-state index contributed by atoms with van der Waals surface area (Å²) < 4.78 is 0. The molecule has 116 valence electrons. The van der Waals surface area contributed by atoms with Crippen LogP contribution in [0.4, 0.5) is 0 Å². The number of benzene rings is 2. The molecular formula is C18H18N4O. The topological polar surface area (TPSA) is 69.1 Å². The lowest BCUT2D eigenvalue weighted by Gasteiger charge is -2.28. The summed E-state index contributed by atoms with van der Waals surface area (Å²) in [6.07, 6.45) is 1.15. The van der Waals surface area contributed by atoms with Crippen molar-refractivity contribution in [2.24, 2.45) is 5.11 Å². The fraction of sp³-hybridized carbons (Fsp3) is 0.278. The van der Waals surface area contributed by atoms with Crippen LogP contribution in [0, 0.1) is 0 Å². The van der Waals surface area contributed by atoms with Crippen molar-refractivity contribution in [3.8, 4) is 0 Å². The molecule has 0 saturated heterocycles. The molecule has 0 fully saturated rings. The summed E-state index contributed by atoms with van der Waals surface area (Å²) >= 11 is 0. The molecule has 0 N–H and O–H groups in total. The Morgan fingerprint density at radius 3 is 2.61 bits per heavy atom. The van der Waals surface area contributed by atoms with Gasteiger partial charge in [0.15, 0.2) is 0 Å². The van der Waals surface area contributed by atoms with Crippen molar-refractivity contribution in [3.63, 3.8) is 0 Å². The van der Waals surface area contributed by atoms with E-state index in [4.69, 9.17) is 5.53 Å². The fourth-order valence-electron chi connectivity index (χ4n) is 3.08. The largest absolute Gasteiger partial charge is 0.323 e. The van der Waals surface area contributed by atoms with E-state index in [2.05, 4.69) is 22.2 Å². The quantitative estimate of drug-likeness (QED) is 0.456. The molecule has 2 atom stereocenters. The van der Waals surface area contributed by atoms with Crippen LogP contribution in [0.15, 0.2) is 59.7 Å². The van der Waals surface area contributed by atoms with E-state index in [-0.39, 0.29) is 11.9 Å². The lowest BCUT2D eigenvalue weighted by Crippen LogP contribution is -2.36. The number of hydrogen-bond donors (Lipinski definition) is 0. The average Bonchev–Trinajstić information content (AvgIpc) is 2.87. The molecule has 5 heteroatoms. The predicted octanol–water partition coefficient (Wildman–Crippen LogP) is 4.47. The van der Waals surface area contributed by atoms with E-state index in [9.17, 15) is 4.79 Å². The maximum absolute atomic E-state index is 12.7. The van der Waals surface area contributed by atoms with Gasteiger partial charge >= 0.3 is 0 Å². The predicted molar refractivity (Wildman–Crippen MR) is 88.7 cm³/mol. The van der Waals surface area contributed by atoms with Gasteiger partial charge in [-0.25, -0.2) is 0 Å². The molecule has 1 aliphatic rings. The standard InChI is InChI=1S/C18H18N4O/c1-13(11-12-14-7-3-2-4-8-14)22-17(20-21-19)15-9-5-6-10-16(15)18(22)23/h2-10,13,17H,11-12H2,1H3/t13-,17-/m0/s1. The van der Waals surface area contributed by atoms with Crippen molar-refractivity contribution in [1.29, 1.82) is 0 Å². The smallest absolute Gasteiger partial charge is 0.255 e. The van der Waals surface area contributed by atoms with Crippen molar-refractivity contribution in [3.05, 3.63) is 81.7 Å². The van der Waals surface area contributed by atoms with Crippen molar-refractivity contribution >= 4 is 5.91 Å². The molecule has 3 rings (SSSR count). The minimum atomic E-state index is -0.547. The van der Waals surface area contributed by atoms with Gasteiger partial charge in [0.2, 0.25) is 0 Å². The van der Waals surface area contributed by atoms with Crippen LogP contribution in [0.1, 0.15) is 41.0 Å². The number of carbonyl (C=O) groups excluding carboxylic acids is 1. The van der Waals surface area contributed by atoms with Crippen LogP contribution in [0.5, 0.6) is 0 Å². The SMILES string of the molecule is C[C@@H](CCc1ccccc1)N1C(=O)c2ccccc2[C@H]1N=[N+]=[N-]. The van der Waals surface area contributed by atoms with Crippen LogP contribution in [0.25, 0.3) is 10.4 Å². The first-order valence-corrected chi connectivity index (χ1v) is 7.72. The van der Waals surface area contributed by atoms with E-state index in [0.29, 0.717) is 5.56 Å². The number of amides is 1. The van der Waals surface area contributed by atoms with Gasteiger partial charge in [-0.05, 0) is 42.5 Å². The van der Waals surface area contributed by atoms with Crippen molar-refractivity contribution < 1.29 is 4.79 Å². The van der Waals surface area contributed by atoms with Crippen molar-refractivity contribution in [1.82, 2.24) is 4.90 Å². The minimum Gasteiger partial charge on any atom is -0.323 e. The van der Waals surface area contributed by atoms with E-state index in [1.165, 1.54) is 5.56 Å². The second kappa shape index (κ2) is 6.55. The Kier molecular flexibility index (Phi) is 4.31. The van der Waals surface area contributed by atoms with Gasteiger partial charge in [-0.2, -0.15) is 0 Å². The molecule has 0 saturated carbocycles. The molecule has 0 unspecified atom stereocenters. The zero-order valence-corrected chi connectivity index (χ0v) is 13.0. The molecule has 0 radical (unpaired) electrons. The number of azide groups is 1. The zero-order valence-electron chi connectivity index (χ0n) is 13.0. The maximum Gasteiger partial charge on any atom is 0.255 e. The molecule has 2 aromatic carbocycles. The van der Waals surface area contributed by atoms with Gasteiger partial charge in [0.05, 0.1) is 0 Å². The molecule has 5 nitrogen and oxygen atoms in total. The van der Waals surface area contributed by atoms with E-state index < -0.39 is 6.17 Å². The Bertz CT molecular complexity index is 753. The Labute approximate surface area is 135 Å². The third kappa shape index (κ3) is 2.91. The number of fused-ring (bicyclic) bond motifs is 1. The highest BCUT2D eigenvalue weighted by molar-refractivity contribution is 5.99. The highest BCUT2D eigenvalue weighted by Gasteiger charge is 2.38. The Morgan fingerprint density at radius 2 is 1.87 bits per heavy atom. The van der Waals surface area contributed by atoms with Crippen LogP contribution in [0.2, 0.25) is 0 Å². The summed E-state index contributed by atoms with van der Waals surface area (Å²) in [5.74, 6) is -0.0569. The van der Waals surface area contributed by atoms with Crippen molar-refractivity contribution in [2.45, 2.75) is 32.0 Å². The van der Waals surface area contributed by atoms with E-state index >= 15 is 0 Å². The van der Waals surface area contributed by atoms with Gasteiger partial charge < -0.3 is 4.90 Å². The molecule has 0 spiro atoms. The Hall–Kier alpha value is -2.78. The van der Waals surface area contributed by atoms with Crippen LogP contribution in [0.3, 0.4) is 0 Å². The van der Waals surface area contributed by atoms with E-state index in [1.54, 1.807) is 11.0 Å². The summed E-state index contributed by atoms with van der Waals surface area (Å²) in [5.41, 5.74) is 11.5. The minimum absolute atomic E-state index is 0.00870. The fourth-order valence-corrected chi connectivity index (χ4v) is 3.08. The monoisotopic (exact) mass is 306 g/mol. The van der Waals surface area contributed by atoms with Crippen LogP contribution >= 0.6 is 0 Å². The first-order valence-electron chi connectivity index (χ1n) is 7.72. The number of aryl methyl sites for hydroxylation is 1. The van der Waals surface area contributed by atoms with Crippen LogP contribution in [-0.2, 0) is 6.42 Å². The second-order valence-electron chi connectivity index (χ2n) is 5.75. The van der Waals surface area contributed by atoms with Crippen molar-refractivity contribution in [2.75, 3.05) is 0 Å². The maximum atomic E-state index is 12.7. The van der Waals surface area contributed by atoms with E-state index in [1.807, 2.05) is 43.3 Å². The average molecular weight is 306 g/mol. The van der Waals surface area contributed by atoms with Gasteiger partial charge in [-0.3, -0.25) is 4.79 Å². The van der Waals surface area contributed by atoms with Gasteiger partial charge in [0, 0.05) is 16.5 Å². The summed E-state index contributed by atoms with van der Waals surface area (Å²) in [6, 6.07) is 17.5. The highest BCUT2D eigenvalue weighted by atomic mass is 16.2. The van der Waals surface area contributed by atoms with Crippen LogP contribution < -0.4 is 0 Å². The summed E-state index contributed by atoms with van der Waals surface area (Å²) in [7, 11) is 0. The molecule has 1 amide bonds. The molecule has 2 aromatic rings. The normalized spacial score (nSPS) is 17.5. The van der Waals surface area contributed by atoms with Gasteiger partial charge in [-0.1, -0.05) is 53.6 Å². The molecule has 0 aliphatic carbocycles. The zero-order chi connectivity index (χ0) is 16.2. The van der Waals surface area contributed by atoms with Crippen LogP contribution in [-0.4, -0.2) is 16.8 Å². The first kappa shape index (κ1) is 15.1. The lowest BCUT2D eigenvalue weighted by atomic mass is 10.1. The number of hydrogen-bond acceptors (Lipinski definition) is 2. The molecular weight excluding hydrogens is 288 g/mol. The summed E-state index contributed by atoms with van der Waals surface area (Å²) in [6.45, 7) is 2.01. The van der Waals surface area contributed by atoms with Gasteiger partial charge in [-0.15, -0.1) is 0 Å². The first-order chi connectivity index (χ1) is 11.2. The molecule has 1 heterocycles. The van der Waals surface area contributed by atoms with Gasteiger partial charge in [0.25, 0.3) is 5.91 Å².